The van der Waals surface area contributed by atoms with Gasteiger partial charge in [0.1, 0.15) is 0 Å². The summed E-state index contributed by atoms with van der Waals surface area (Å²) in [6.07, 6.45) is 4.87. The van der Waals surface area contributed by atoms with Gasteiger partial charge in [-0.25, -0.2) is 0 Å². The van der Waals surface area contributed by atoms with Crippen molar-refractivity contribution in [1.82, 2.24) is 4.98 Å². The minimum Gasteiger partial charge on any atom is -0.376 e. The number of pyridine rings is 1. The number of nitrogens with zero attached hydrogens (tertiary/aromatic N) is 1. The van der Waals surface area contributed by atoms with Crippen molar-refractivity contribution >= 4 is 0 Å². The van der Waals surface area contributed by atoms with Gasteiger partial charge in [0.05, 0.1) is 5.60 Å². The standard InChI is InChI=1S/C14H22N2O/c1-13(2)11-14(6-8-15,7-10-17-13)12-5-3-4-9-16-12/h3-5,9H,6-8,10-11,15H2,1-2H3. The van der Waals surface area contributed by atoms with E-state index in [2.05, 4.69) is 31.0 Å². The Morgan fingerprint density at radius 1 is 1.41 bits per heavy atom. The van der Waals surface area contributed by atoms with Crippen LogP contribution in [0.5, 0.6) is 0 Å². The summed E-state index contributed by atoms with van der Waals surface area (Å²) in [7, 11) is 0. The van der Waals surface area contributed by atoms with E-state index in [1.807, 2.05) is 12.3 Å². The maximum absolute atomic E-state index is 5.82. The number of hydrogen-bond acceptors (Lipinski definition) is 3. The zero-order chi connectivity index (χ0) is 12.4. The molecule has 1 aliphatic rings. The van der Waals surface area contributed by atoms with Crippen molar-refractivity contribution in [2.45, 2.75) is 44.1 Å². The molecule has 1 aromatic rings. The molecule has 2 heterocycles. The Morgan fingerprint density at radius 3 is 2.82 bits per heavy atom. The van der Waals surface area contributed by atoms with E-state index in [1.165, 1.54) is 5.69 Å². The molecule has 0 amide bonds. The molecule has 1 aliphatic heterocycles. The average molecular weight is 234 g/mol. The second kappa shape index (κ2) is 4.75. The van der Waals surface area contributed by atoms with Crippen molar-refractivity contribution in [3.05, 3.63) is 30.1 Å². The molecule has 0 aliphatic carbocycles. The lowest BCUT2D eigenvalue weighted by molar-refractivity contribution is -0.0844. The van der Waals surface area contributed by atoms with E-state index in [-0.39, 0.29) is 11.0 Å². The fourth-order valence-electron chi connectivity index (χ4n) is 2.99. The zero-order valence-electron chi connectivity index (χ0n) is 10.8. The van der Waals surface area contributed by atoms with Crippen LogP contribution in [0.4, 0.5) is 0 Å². The fourth-order valence-corrected chi connectivity index (χ4v) is 2.99. The minimum atomic E-state index is -0.0784. The Kier molecular flexibility index (Phi) is 3.50. The largest absolute Gasteiger partial charge is 0.376 e. The van der Waals surface area contributed by atoms with Crippen LogP contribution in [0.15, 0.2) is 24.4 Å². The fraction of sp³-hybridized carbons (Fsp3) is 0.643. The van der Waals surface area contributed by atoms with Crippen LogP contribution in [0.25, 0.3) is 0 Å². The number of ether oxygens (including phenoxy) is 1. The molecule has 1 aromatic heterocycles. The average Bonchev–Trinajstić information content (AvgIpc) is 2.29. The third kappa shape index (κ3) is 2.67. The van der Waals surface area contributed by atoms with Crippen LogP contribution in [0.2, 0.25) is 0 Å². The maximum atomic E-state index is 5.82. The highest BCUT2D eigenvalue weighted by Crippen LogP contribution is 2.42. The Hall–Kier alpha value is -0.930. The number of rotatable bonds is 3. The molecule has 17 heavy (non-hydrogen) atoms. The first-order chi connectivity index (χ1) is 8.08. The second-order valence-corrected chi connectivity index (χ2v) is 5.57. The maximum Gasteiger partial charge on any atom is 0.0635 e. The molecule has 1 saturated heterocycles. The van der Waals surface area contributed by atoms with Gasteiger partial charge < -0.3 is 10.5 Å². The Labute approximate surface area is 103 Å². The van der Waals surface area contributed by atoms with Crippen LogP contribution in [0.1, 0.15) is 38.8 Å². The summed E-state index contributed by atoms with van der Waals surface area (Å²) in [5.74, 6) is 0. The van der Waals surface area contributed by atoms with E-state index in [0.717, 1.165) is 25.9 Å². The van der Waals surface area contributed by atoms with Crippen molar-refractivity contribution in [2.24, 2.45) is 5.73 Å². The van der Waals surface area contributed by atoms with Crippen molar-refractivity contribution in [1.29, 1.82) is 0 Å². The van der Waals surface area contributed by atoms with E-state index in [4.69, 9.17) is 10.5 Å². The topological polar surface area (TPSA) is 48.1 Å². The molecular formula is C14H22N2O. The Morgan fingerprint density at radius 2 is 2.24 bits per heavy atom. The highest BCUT2D eigenvalue weighted by atomic mass is 16.5. The first-order valence-electron chi connectivity index (χ1n) is 6.34. The normalized spacial score (nSPS) is 27.9. The molecule has 0 aromatic carbocycles. The Bertz CT molecular complexity index is 360. The molecule has 94 valence electrons. The molecule has 3 nitrogen and oxygen atoms in total. The van der Waals surface area contributed by atoms with Gasteiger partial charge in [0.15, 0.2) is 0 Å². The molecule has 2 rings (SSSR count). The van der Waals surface area contributed by atoms with Crippen molar-refractivity contribution in [3.8, 4) is 0 Å². The quantitative estimate of drug-likeness (QED) is 0.872. The summed E-state index contributed by atoms with van der Waals surface area (Å²) in [4.78, 5) is 4.55. The summed E-state index contributed by atoms with van der Waals surface area (Å²) in [5, 5.41) is 0. The molecule has 1 atom stereocenters. The SMILES string of the molecule is CC1(C)CC(CCN)(c2ccccn2)CCO1. The van der Waals surface area contributed by atoms with Gasteiger partial charge in [0.25, 0.3) is 0 Å². The lowest BCUT2D eigenvalue weighted by Gasteiger charge is -2.44. The van der Waals surface area contributed by atoms with Gasteiger partial charge >= 0.3 is 0 Å². The van der Waals surface area contributed by atoms with E-state index >= 15 is 0 Å². The van der Waals surface area contributed by atoms with Gasteiger partial charge in [-0.1, -0.05) is 6.07 Å². The van der Waals surface area contributed by atoms with Crippen LogP contribution in [0.3, 0.4) is 0 Å². The van der Waals surface area contributed by atoms with Gasteiger partial charge in [-0.05, 0) is 51.8 Å². The molecule has 2 N–H and O–H groups in total. The summed E-state index contributed by atoms with van der Waals surface area (Å²) >= 11 is 0. The van der Waals surface area contributed by atoms with Crippen LogP contribution in [-0.2, 0) is 10.2 Å². The van der Waals surface area contributed by atoms with Crippen molar-refractivity contribution in [3.63, 3.8) is 0 Å². The summed E-state index contributed by atoms with van der Waals surface area (Å²) in [6.45, 7) is 5.80. The lowest BCUT2D eigenvalue weighted by Crippen LogP contribution is -2.45. The predicted octanol–water partition coefficient (Wildman–Crippen LogP) is 2.26. The smallest absolute Gasteiger partial charge is 0.0635 e. The zero-order valence-corrected chi connectivity index (χ0v) is 10.8. The van der Waals surface area contributed by atoms with E-state index in [0.29, 0.717) is 6.54 Å². The molecule has 1 fully saturated rings. The highest BCUT2D eigenvalue weighted by molar-refractivity contribution is 5.19. The van der Waals surface area contributed by atoms with Crippen LogP contribution in [-0.4, -0.2) is 23.7 Å². The van der Waals surface area contributed by atoms with Crippen LogP contribution in [0, 0.1) is 0 Å². The second-order valence-electron chi connectivity index (χ2n) is 5.57. The molecular weight excluding hydrogens is 212 g/mol. The molecule has 0 bridgehead atoms. The third-order valence-electron chi connectivity index (χ3n) is 3.67. The van der Waals surface area contributed by atoms with E-state index in [1.54, 1.807) is 0 Å². The number of aromatic nitrogens is 1. The summed E-state index contributed by atoms with van der Waals surface area (Å²) in [6, 6.07) is 6.14. The van der Waals surface area contributed by atoms with Gasteiger partial charge in [0.2, 0.25) is 0 Å². The van der Waals surface area contributed by atoms with Crippen molar-refractivity contribution < 1.29 is 4.74 Å². The monoisotopic (exact) mass is 234 g/mol. The van der Waals surface area contributed by atoms with Gasteiger partial charge in [-0.2, -0.15) is 0 Å². The number of nitrogens with two attached hydrogens (primary N) is 1. The van der Waals surface area contributed by atoms with E-state index < -0.39 is 0 Å². The number of hydrogen-bond donors (Lipinski definition) is 1. The van der Waals surface area contributed by atoms with Gasteiger partial charge in [0, 0.05) is 23.9 Å². The molecule has 1 unspecified atom stereocenters. The van der Waals surface area contributed by atoms with Crippen LogP contribution < -0.4 is 5.73 Å². The summed E-state index contributed by atoms with van der Waals surface area (Å²) < 4.78 is 5.82. The third-order valence-corrected chi connectivity index (χ3v) is 3.67. The molecule has 0 radical (unpaired) electrons. The van der Waals surface area contributed by atoms with Crippen molar-refractivity contribution in [2.75, 3.05) is 13.2 Å². The Balaban J connectivity index is 2.32. The van der Waals surface area contributed by atoms with Crippen LogP contribution >= 0.6 is 0 Å². The van der Waals surface area contributed by atoms with E-state index in [9.17, 15) is 0 Å². The van der Waals surface area contributed by atoms with Gasteiger partial charge in [-0.3, -0.25) is 4.98 Å². The molecule has 0 spiro atoms. The first-order valence-corrected chi connectivity index (χ1v) is 6.34. The molecule has 3 heteroatoms. The minimum absolute atomic E-state index is 0.0784. The molecule has 0 saturated carbocycles. The first kappa shape index (κ1) is 12.5. The predicted molar refractivity (Wildman–Crippen MR) is 68.9 cm³/mol. The summed E-state index contributed by atoms with van der Waals surface area (Å²) in [5.41, 5.74) is 6.99. The highest BCUT2D eigenvalue weighted by Gasteiger charge is 2.42. The van der Waals surface area contributed by atoms with Gasteiger partial charge in [-0.15, -0.1) is 0 Å². The lowest BCUT2D eigenvalue weighted by atomic mass is 9.69.